The lowest BCUT2D eigenvalue weighted by molar-refractivity contribution is -0.235. The molecule has 5 atom stereocenters. The van der Waals surface area contributed by atoms with Gasteiger partial charge in [-0.05, 0) is 60.2 Å². The summed E-state index contributed by atoms with van der Waals surface area (Å²) in [6.07, 6.45) is 0.262. The monoisotopic (exact) mass is 642 g/mol. The van der Waals surface area contributed by atoms with Crippen molar-refractivity contribution in [2.24, 2.45) is 5.92 Å². The molecule has 0 saturated carbocycles. The molecule has 0 unspecified atom stereocenters. The normalized spacial score (nSPS) is 22.4. The average Bonchev–Trinajstić information content (AvgIpc) is 3.10. The maximum atomic E-state index is 7.05. The van der Waals surface area contributed by atoms with Crippen LogP contribution in [0, 0.1) is 5.92 Å². The summed E-state index contributed by atoms with van der Waals surface area (Å²) in [6.45, 7) is 8.72. The van der Waals surface area contributed by atoms with Crippen molar-refractivity contribution in [1.82, 2.24) is 0 Å². The second kappa shape index (κ2) is 15.4. The second-order valence-corrected chi connectivity index (χ2v) is 12.3. The first-order chi connectivity index (χ1) is 22.6. The topological polar surface area (TPSA) is 55.4 Å². The molecule has 4 aromatic carbocycles. The predicted octanol–water partition coefficient (Wildman–Crippen LogP) is 8.76. The second-order valence-electron chi connectivity index (χ2n) is 11.9. The van der Waals surface area contributed by atoms with Crippen molar-refractivity contribution in [2.75, 3.05) is 19.8 Å². The Labute approximate surface area is 277 Å². The molecule has 0 N–H and O–H groups in total. The van der Waals surface area contributed by atoms with E-state index in [9.17, 15) is 0 Å². The molecule has 242 valence electrons. The average molecular weight is 643 g/mol. The molecular formula is C39H43ClO6. The zero-order valence-corrected chi connectivity index (χ0v) is 27.6. The van der Waals surface area contributed by atoms with E-state index in [1.165, 1.54) is 0 Å². The lowest BCUT2D eigenvalue weighted by atomic mass is 9.83. The van der Waals surface area contributed by atoms with Gasteiger partial charge in [-0.25, -0.2) is 0 Å². The summed E-state index contributed by atoms with van der Waals surface area (Å²) in [6, 6.07) is 30.7. The van der Waals surface area contributed by atoms with Gasteiger partial charge in [-0.15, -0.1) is 0 Å². The van der Waals surface area contributed by atoms with Gasteiger partial charge in [0.15, 0.2) is 11.5 Å². The Morgan fingerprint density at radius 2 is 1.35 bits per heavy atom. The summed E-state index contributed by atoms with van der Waals surface area (Å²) >= 11 is 7.05. The molecule has 6 nitrogen and oxygen atoms in total. The van der Waals surface area contributed by atoms with Gasteiger partial charge in [0.25, 0.3) is 0 Å². The zero-order valence-electron chi connectivity index (χ0n) is 26.8. The van der Waals surface area contributed by atoms with Crippen molar-refractivity contribution in [3.05, 3.63) is 124 Å². The Bertz CT molecular complexity index is 1540. The molecular weight excluding hydrogens is 600 g/mol. The largest absolute Gasteiger partial charge is 0.494 e. The minimum Gasteiger partial charge on any atom is -0.494 e. The quantitative estimate of drug-likeness (QED) is 0.154. The van der Waals surface area contributed by atoms with Gasteiger partial charge in [0.1, 0.15) is 31.2 Å². The van der Waals surface area contributed by atoms with Gasteiger partial charge >= 0.3 is 0 Å². The first-order valence-corrected chi connectivity index (χ1v) is 16.7. The van der Waals surface area contributed by atoms with Crippen LogP contribution in [0.2, 0.25) is 5.02 Å². The number of hydrogen-bond acceptors (Lipinski definition) is 6. The van der Waals surface area contributed by atoms with E-state index in [0.29, 0.717) is 56.0 Å². The molecule has 6 rings (SSSR count). The molecule has 0 radical (unpaired) electrons. The minimum absolute atomic E-state index is 0.0484. The molecule has 2 aliphatic rings. The van der Waals surface area contributed by atoms with Crippen molar-refractivity contribution >= 4 is 11.6 Å². The molecule has 2 heterocycles. The van der Waals surface area contributed by atoms with Gasteiger partial charge in [0, 0.05) is 11.5 Å². The molecule has 2 aliphatic heterocycles. The summed E-state index contributed by atoms with van der Waals surface area (Å²) < 4.78 is 38.7. The van der Waals surface area contributed by atoms with Gasteiger partial charge in [-0.3, -0.25) is 0 Å². The molecule has 0 amide bonds. The van der Waals surface area contributed by atoms with E-state index in [2.05, 4.69) is 56.3 Å². The van der Waals surface area contributed by atoms with Gasteiger partial charge in [0.2, 0.25) is 0 Å². The van der Waals surface area contributed by atoms with Crippen LogP contribution in [0.25, 0.3) is 0 Å². The first-order valence-electron chi connectivity index (χ1n) is 16.3. The lowest BCUT2D eigenvalue weighted by Crippen LogP contribution is -2.51. The molecule has 7 heteroatoms. The van der Waals surface area contributed by atoms with Crippen LogP contribution in [0.4, 0.5) is 0 Å². The third-order valence-corrected chi connectivity index (χ3v) is 9.23. The summed E-state index contributed by atoms with van der Waals surface area (Å²) in [7, 11) is 0. The Morgan fingerprint density at radius 3 is 1.96 bits per heavy atom. The first kappa shape index (κ1) is 32.4. The SMILES string of the molecule is CCOc1ccc(Cc2cc([C@@H]3O[C@H](CC)[C@@H](C)[C@H](OCc4ccccc4)[C@H]3OCc3ccccc3)c3c(c2Cl)OCCO3)cc1. The molecule has 0 aliphatic carbocycles. The zero-order chi connectivity index (χ0) is 31.9. The Balaban J connectivity index is 1.39. The van der Waals surface area contributed by atoms with Crippen LogP contribution in [0.1, 0.15) is 61.1 Å². The van der Waals surface area contributed by atoms with Gasteiger partial charge in [0.05, 0.1) is 37.1 Å². The highest BCUT2D eigenvalue weighted by Gasteiger charge is 2.47. The number of rotatable bonds is 12. The number of halogens is 1. The van der Waals surface area contributed by atoms with E-state index in [-0.39, 0.29) is 18.1 Å². The van der Waals surface area contributed by atoms with Crippen LogP contribution in [0.5, 0.6) is 17.2 Å². The minimum atomic E-state index is -0.475. The fourth-order valence-corrected chi connectivity index (χ4v) is 6.70. The number of fused-ring (bicyclic) bond motifs is 1. The van der Waals surface area contributed by atoms with Crippen LogP contribution in [0.3, 0.4) is 0 Å². The van der Waals surface area contributed by atoms with Crippen LogP contribution in [-0.2, 0) is 33.8 Å². The van der Waals surface area contributed by atoms with E-state index in [1.54, 1.807) is 0 Å². The summed E-state index contributed by atoms with van der Waals surface area (Å²) in [4.78, 5) is 0. The highest BCUT2D eigenvalue weighted by molar-refractivity contribution is 6.33. The summed E-state index contributed by atoms with van der Waals surface area (Å²) in [5, 5.41) is 0.558. The molecule has 46 heavy (non-hydrogen) atoms. The van der Waals surface area contributed by atoms with Crippen LogP contribution in [-0.4, -0.2) is 38.1 Å². The van der Waals surface area contributed by atoms with Crippen LogP contribution >= 0.6 is 11.6 Å². The van der Waals surface area contributed by atoms with Crippen molar-refractivity contribution in [2.45, 2.75) is 71.2 Å². The standard InChI is InChI=1S/C39H43ClO6/c1-4-33-26(3)35(44-24-28-12-8-6-9-13-28)39(45-25-29-14-10-7-11-15-29)37(46-33)32-23-30(34(40)38-36(32)42-20-21-43-38)22-27-16-18-31(19-17-27)41-5-2/h6-19,23,26,33,35,37,39H,4-5,20-22,24-25H2,1-3H3/t26-,33-,35+,37+,39-/m1/s1. The van der Waals surface area contributed by atoms with Gasteiger partial charge in [-0.2, -0.15) is 0 Å². The fourth-order valence-electron chi connectivity index (χ4n) is 6.44. The highest BCUT2D eigenvalue weighted by atomic mass is 35.5. The Kier molecular flexibility index (Phi) is 10.8. The summed E-state index contributed by atoms with van der Waals surface area (Å²) in [5.74, 6) is 2.12. The molecule has 0 bridgehead atoms. The van der Waals surface area contributed by atoms with Gasteiger partial charge in [-0.1, -0.05) is 98.2 Å². The maximum absolute atomic E-state index is 7.05. The van der Waals surface area contributed by atoms with Crippen molar-refractivity contribution in [1.29, 1.82) is 0 Å². The molecule has 0 spiro atoms. The number of benzene rings is 4. The van der Waals surface area contributed by atoms with Crippen molar-refractivity contribution in [3.8, 4) is 17.2 Å². The van der Waals surface area contributed by atoms with E-state index in [1.807, 2.05) is 55.5 Å². The smallest absolute Gasteiger partial charge is 0.180 e. The highest BCUT2D eigenvalue weighted by Crippen LogP contribution is 2.50. The predicted molar refractivity (Wildman–Crippen MR) is 180 cm³/mol. The maximum Gasteiger partial charge on any atom is 0.180 e. The van der Waals surface area contributed by atoms with E-state index in [4.69, 9.17) is 40.0 Å². The van der Waals surface area contributed by atoms with Gasteiger partial charge < -0.3 is 28.4 Å². The third-order valence-electron chi connectivity index (χ3n) is 8.81. The van der Waals surface area contributed by atoms with E-state index < -0.39 is 12.2 Å². The summed E-state index contributed by atoms with van der Waals surface area (Å²) in [5.41, 5.74) is 5.12. The van der Waals surface area contributed by atoms with E-state index >= 15 is 0 Å². The molecule has 1 saturated heterocycles. The fraction of sp³-hybridized carbons (Fsp3) is 0.385. The number of hydrogen-bond donors (Lipinski definition) is 0. The number of ether oxygens (including phenoxy) is 6. The molecule has 1 fully saturated rings. The van der Waals surface area contributed by atoms with E-state index in [0.717, 1.165) is 40.0 Å². The molecule has 4 aromatic rings. The Hall–Kier alpha value is -3.55. The third kappa shape index (κ3) is 7.37. The van der Waals surface area contributed by atoms with Crippen LogP contribution in [0.15, 0.2) is 91.0 Å². The molecule has 0 aromatic heterocycles. The van der Waals surface area contributed by atoms with Crippen molar-refractivity contribution < 1.29 is 28.4 Å². The lowest BCUT2D eigenvalue weighted by Gasteiger charge is -2.46. The van der Waals surface area contributed by atoms with Crippen molar-refractivity contribution in [3.63, 3.8) is 0 Å². The van der Waals surface area contributed by atoms with Crippen LogP contribution < -0.4 is 14.2 Å². The Morgan fingerprint density at radius 1 is 0.739 bits per heavy atom.